The number of hydrogen-bond donors (Lipinski definition) is 2. The normalized spacial score (nSPS) is 15.7. The van der Waals surface area contributed by atoms with Gasteiger partial charge in [0.1, 0.15) is 5.69 Å². The lowest BCUT2D eigenvalue weighted by Gasteiger charge is -2.34. The van der Waals surface area contributed by atoms with Gasteiger partial charge in [0.05, 0.1) is 24.2 Å². The Labute approximate surface area is 157 Å². The fourth-order valence-corrected chi connectivity index (χ4v) is 3.12. The highest BCUT2D eigenvalue weighted by atomic mass is 16.6. The minimum Gasteiger partial charge on any atom is -0.379 e. The summed E-state index contributed by atoms with van der Waals surface area (Å²) in [7, 11) is 0. The van der Waals surface area contributed by atoms with Gasteiger partial charge in [-0.1, -0.05) is 42.5 Å². The smallest absolute Gasteiger partial charge is 0.319 e. The number of para-hydroxylation sites is 2. The molecule has 27 heavy (non-hydrogen) atoms. The number of nitro benzene ring substituents is 1. The van der Waals surface area contributed by atoms with E-state index in [0.29, 0.717) is 19.8 Å². The van der Waals surface area contributed by atoms with Gasteiger partial charge in [0.15, 0.2) is 0 Å². The summed E-state index contributed by atoms with van der Waals surface area (Å²) in [6.45, 7) is 3.27. The minimum absolute atomic E-state index is 0.00612. The van der Waals surface area contributed by atoms with E-state index < -0.39 is 11.0 Å². The fourth-order valence-electron chi connectivity index (χ4n) is 3.12. The van der Waals surface area contributed by atoms with Gasteiger partial charge in [-0.05, 0) is 11.6 Å². The molecule has 8 heteroatoms. The number of rotatable bonds is 6. The first-order valence-electron chi connectivity index (χ1n) is 8.80. The molecule has 1 aliphatic heterocycles. The average molecular weight is 370 g/mol. The summed E-state index contributed by atoms with van der Waals surface area (Å²) < 4.78 is 5.42. The monoisotopic (exact) mass is 370 g/mol. The third kappa shape index (κ3) is 5.02. The molecule has 1 heterocycles. The number of anilines is 1. The molecule has 0 spiro atoms. The molecule has 0 unspecified atom stereocenters. The number of carbonyl (C=O) groups is 1. The first-order chi connectivity index (χ1) is 13.1. The Morgan fingerprint density at radius 3 is 2.48 bits per heavy atom. The predicted molar refractivity (Wildman–Crippen MR) is 102 cm³/mol. The third-order valence-corrected chi connectivity index (χ3v) is 4.48. The first-order valence-corrected chi connectivity index (χ1v) is 8.80. The second kappa shape index (κ2) is 9.11. The number of benzene rings is 2. The van der Waals surface area contributed by atoms with Crippen LogP contribution in [-0.2, 0) is 4.74 Å². The quantitative estimate of drug-likeness (QED) is 0.602. The lowest BCUT2D eigenvalue weighted by molar-refractivity contribution is -0.383. The lowest BCUT2D eigenvalue weighted by atomic mass is 10.0. The van der Waals surface area contributed by atoms with Crippen LogP contribution in [0.2, 0.25) is 0 Å². The predicted octanol–water partition coefficient (Wildman–Crippen LogP) is 2.79. The molecular weight excluding hydrogens is 348 g/mol. The molecule has 0 aromatic heterocycles. The molecule has 0 saturated carbocycles. The SMILES string of the molecule is O=C(NC[C@H](c1ccccc1)N1CCOCC1)Nc1ccccc1[N+](=O)[O-]. The van der Waals surface area contributed by atoms with Crippen LogP contribution in [0.25, 0.3) is 0 Å². The molecule has 0 aliphatic carbocycles. The van der Waals surface area contributed by atoms with Gasteiger partial charge in [-0.25, -0.2) is 4.79 Å². The van der Waals surface area contributed by atoms with Crippen LogP contribution in [0.4, 0.5) is 16.2 Å². The van der Waals surface area contributed by atoms with Crippen molar-refractivity contribution in [3.05, 3.63) is 70.3 Å². The van der Waals surface area contributed by atoms with Gasteiger partial charge in [-0.3, -0.25) is 15.0 Å². The first kappa shape index (κ1) is 18.8. The van der Waals surface area contributed by atoms with E-state index in [1.165, 1.54) is 12.1 Å². The molecule has 1 aliphatic rings. The largest absolute Gasteiger partial charge is 0.379 e. The van der Waals surface area contributed by atoms with Crippen LogP contribution < -0.4 is 10.6 Å². The zero-order valence-corrected chi connectivity index (χ0v) is 14.8. The van der Waals surface area contributed by atoms with Crippen molar-refractivity contribution in [2.75, 3.05) is 38.2 Å². The molecule has 2 aromatic rings. The van der Waals surface area contributed by atoms with E-state index in [0.717, 1.165) is 18.7 Å². The molecule has 3 rings (SSSR count). The zero-order chi connectivity index (χ0) is 19.1. The Morgan fingerprint density at radius 2 is 1.78 bits per heavy atom. The van der Waals surface area contributed by atoms with Crippen LogP contribution in [0.15, 0.2) is 54.6 Å². The average Bonchev–Trinajstić information content (AvgIpc) is 2.70. The van der Waals surface area contributed by atoms with E-state index in [9.17, 15) is 14.9 Å². The lowest BCUT2D eigenvalue weighted by Crippen LogP contribution is -2.44. The van der Waals surface area contributed by atoms with Crippen molar-refractivity contribution in [3.8, 4) is 0 Å². The number of ether oxygens (including phenoxy) is 1. The topological polar surface area (TPSA) is 96.7 Å². The fraction of sp³-hybridized carbons (Fsp3) is 0.316. The van der Waals surface area contributed by atoms with Gasteiger partial charge in [0.25, 0.3) is 5.69 Å². The van der Waals surface area contributed by atoms with Crippen molar-refractivity contribution in [2.45, 2.75) is 6.04 Å². The van der Waals surface area contributed by atoms with Gasteiger partial charge >= 0.3 is 6.03 Å². The number of hydrogen-bond acceptors (Lipinski definition) is 5. The molecule has 2 N–H and O–H groups in total. The van der Waals surface area contributed by atoms with E-state index >= 15 is 0 Å². The Hall–Kier alpha value is -2.97. The van der Waals surface area contributed by atoms with Gasteiger partial charge in [-0.15, -0.1) is 0 Å². The maximum Gasteiger partial charge on any atom is 0.319 e. The van der Waals surface area contributed by atoms with Gasteiger partial charge in [0.2, 0.25) is 0 Å². The van der Waals surface area contributed by atoms with Gasteiger partial charge in [-0.2, -0.15) is 0 Å². The summed E-state index contributed by atoms with van der Waals surface area (Å²) in [6.07, 6.45) is 0. The van der Waals surface area contributed by atoms with Crippen LogP contribution in [0.1, 0.15) is 11.6 Å². The van der Waals surface area contributed by atoms with Gasteiger partial charge in [0, 0.05) is 25.7 Å². The Kier molecular flexibility index (Phi) is 6.35. The molecule has 2 aromatic carbocycles. The molecule has 1 saturated heterocycles. The summed E-state index contributed by atoms with van der Waals surface area (Å²) >= 11 is 0. The molecular formula is C19H22N4O4. The molecule has 0 bridgehead atoms. The van der Waals surface area contributed by atoms with Crippen LogP contribution in [-0.4, -0.2) is 48.7 Å². The van der Waals surface area contributed by atoms with Crippen molar-refractivity contribution in [1.82, 2.24) is 10.2 Å². The number of morpholine rings is 1. The second-order valence-corrected chi connectivity index (χ2v) is 6.18. The maximum atomic E-state index is 12.3. The van der Waals surface area contributed by atoms with Crippen molar-refractivity contribution >= 4 is 17.4 Å². The second-order valence-electron chi connectivity index (χ2n) is 6.18. The Morgan fingerprint density at radius 1 is 1.11 bits per heavy atom. The summed E-state index contributed by atoms with van der Waals surface area (Å²) in [5.74, 6) is 0. The summed E-state index contributed by atoms with van der Waals surface area (Å²) in [4.78, 5) is 25.1. The molecule has 142 valence electrons. The third-order valence-electron chi connectivity index (χ3n) is 4.48. The van der Waals surface area contributed by atoms with Crippen molar-refractivity contribution in [1.29, 1.82) is 0 Å². The van der Waals surface area contributed by atoms with E-state index in [2.05, 4.69) is 15.5 Å². The highest BCUT2D eigenvalue weighted by Crippen LogP contribution is 2.24. The number of nitrogens with zero attached hydrogens (tertiary/aromatic N) is 2. The maximum absolute atomic E-state index is 12.3. The minimum atomic E-state index is -0.518. The van der Waals surface area contributed by atoms with Crippen molar-refractivity contribution in [3.63, 3.8) is 0 Å². The number of nitrogens with one attached hydrogen (secondary N) is 2. The standard InChI is InChI=1S/C19H22N4O4/c24-19(21-16-8-4-5-9-17(16)23(25)26)20-14-18(15-6-2-1-3-7-15)22-10-12-27-13-11-22/h1-9,18H,10-14H2,(H2,20,21,24)/t18-/m1/s1. The van der Waals surface area contributed by atoms with Crippen LogP contribution in [0.3, 0.4) is 0 Å². The van der Waals surface area contributed by atoms with Crippen LogP contribution in [0.5, 0.6) is 0 Å². The van der Waals surface area contributed by atoms with E-state index in [4.69, 9.17) is 4.74 Å². The van der Waals surface area contributed by atoms with Gasteiger partial charge < -0.3 is 15.4 Å². The Balaban J connectivity index is 1.66. The van der Waals surface area contributed by atoms with Crippen LogP contribution in [0, 0.1) is 10.1 Å². The van der Waals surface area contributed by atoms with Crippen molar-refractivity contribution in [2.24, 2.45) is 0 Å². The molecule has 1 atom stereocenters. The van der Waals surface area contributed by atoms with E-state index in [1.807, 2.05) is 30.3 Å². The summed E-state index contributed by atoms with van der Waals surface area (Å²) in [5.41, 5.74) is 1.13. The number of carbonyl (C=O) groups excluding carboxylic acids is 1. The summed E-state index contributed by atoms with van der Waals surface area (Å²) in [6, 6.07) is 15.5. The van der Waals surface area contributed by atoms with E-state index in [-0.39, 0.29) is 17.4 Å². The molecule has 8 nitrogen and oxygen atoms in total. The summed E-state index contributed by atoms with van der Waals surface area (Å²) in [5, 5.41) is 16.5. The number of nitro groups is 1. The molecule has 0 radical (unpaired) electrons. The highest BCUT2D eigenvalue weighted by molar-refractivity contribution is 5.91. The van der Waals surface area contributed by atoms with E-state index in [1.54, 1.807) is 12.1 Å². The van der Waals surface area contributed by atoms with Crippen LogP contribution >= 0.6 is 0 Å². The number of amides is 2. The zero-order valence-electron chi connectivity index (χ0n) is 14.8. The number of urea groups is 1. The van der Waals surface area contributed by atoms with Crippen molar-refractivity contribution < 1.29 is 14.5 Å². The molecule has 1 fully saturated rings. The Bertz CT molecular complexity index is 778. The highest BCUT2D eigenvalue weighted by Gasteiger charge is 2.23. The molecule has 2 amide bonds.